The van der Waals surface area contributed by atoms with Crippen LogP contribution in [0.15, 0.2) is 22.6 Å². The van der Waals surface area contributed by atoms with Crippen molar-refractivity contribution < 1.29 is 14.3 Å². The Morgan fingerprint density at radius 2 is 2.16 bits per heavy atom. The van der Waals surface area contributed by atoms with Crippen LogP contribution < -0.4 is 5.32 Å². The monoisotopic (exact) mass is 263 g/mol. The van der Waals surface area contributed by atoms with Gasteiger partial charge in [-0.15, -0.1) is 0 Å². The first-order valence-electron chi connectivity index (χ1n) is 6.84. The van der Waals surface area contributed by atoms with Crippen molar-refractivity contribution in [1.29, 1.82) is 0 Å². The fourth-order valence-corrected chi connectivity index (χ4v) is 2.35. The van der Waals surface area contributed by atoms with Crippen LogP contribution in [0.2, 0.25) is 0 Å². The van der Waals surface area contributed by atoms with Crippen molar-refractivity contribution in [2.24, 2.45) is 5.92 Å². The molecule has 1 aromatic heterocycles. The van der Waals surface area contributed by atoms with E-state index in [0.29, 0.717) is 18.2 Å². The molecule has 104 valence electrons. The highest BCUT2D eigenvalue weighted by atomic mass is 16.3. The Balaban J connectivity index is 1.71. The number of furan rings is 1. The molecule has 19 heavy (non-hydrogen) atoms. The quantitative estimate of drug-likeness (QED) is 0.819. The molecule has 2 N–H and O–H groups in total. The smallest absolute Gasteiger partial charge is 0.244 e. The largest absolute Gasteiger partial charge is 0.462 e. The first-order valence-corrected chi connectivity index (χ1v) is 6.84. The average molecular weight is 263 g/mol. The van der Waals surface area contributed by atoms with Gasteiger partial charge in [0.25, 0.3) is 0 Å². The Labute approximate surface area is 113 Å². The van der Waals surface area contributed by atoms with Gasteiger partial charge < -0.3 is 14.8 Å². The summed E-state index contributed by atoms with van der Waals surface area (Å²) < 4.78 is 5.35. The normalized spacial score (nSPS) is 23.7. The molecule has 2 rings (SSSR count). The van der Waals surface area contributed by atoms with Crippen molar-refractivity contribution in [2.75, 3.05) is 6.54 Å². The van der Waals surface area contributed by atoms with Crippen molar-refractivity contribution in [3.63, 3.8) is 0 Å². The number of aliphatic hydroxyl groups excluding tert-OH is 1. The fourth-order valence-electron chi connectivity index (χ4n) is 2.35. The topological polar surface area (TPSA) is 62.5 Å². The number of aryl methyl sites for hydroxylation is 1. The molecule has 1 amide bonds. The number of carbonyl (C=O) groups is 1. The highest BCUT2D eigenvalue weighted by Crippen LogP contribution is 2.23. The molecule has 1 aliphatic rings. The standard InChI is InChI=1S/C15H21NO3/c1-11-2-7-14(19-11)8-9-15(18)16-10-12-3-5-13(17)6-4-12/h2,7-9,12-13,17H,3-6,10H2,1H3,(H,16,18)/b9-8+. The Bertz CT molecular complexity index is 442. The van der Waals surface area contributed by atoms with E-state index in [9.17, 15) is 9.90 Å². The second-order valence-electron chi connectivity index (χ2n) is 5.20. The van der Waals surface area contributed by atoms with Crippen molar-refractivity contribution in [3.05, 3.63) is 29.7 Å². The average Bonchev–Trinajstić information content (AvgIpc) is 2.81. The maximum absolute atomic E-state index is 11.6. The molecule has 0 spiro atoms. The molecule has 0 aromatic carbocycles. The van der Waals surface area contributed by atoms with E-state index in [1.165, 1.54) is 6.08 Å². The first kappa shape index (κ1) is 13.9. The van der Waals surface area contributed by atoms with Crippen LogP contribution in [-0.2, 0) is 4.79 Å². The van der Waals surface area contributed by atoms with E-state index >= 15 is 0 Å². The lowest BCUT2D eigenvalue weighted by atomic mass is 9.87. The van der Waals surface area contributed by atoms with E-state index in [1.54, 1.807) is 6.08 Å². The van der Waals surface area contributed by atoms with Crippen molar-refractivity contribution in [1.82, 2.24) is 5.32 Å². The van der Waals surface area contributed by atoms with Crippen LogP contribution in [0.3, 0.4) is 0 Å². The predicted octanol–water partition coefficient (Wildman–Crippen LogP) is 2.27. The highest BCUT2D eigenvalue weighted by Gasteiger charge is 2.19. The summed E-state index contributed by atoms with van der Waals surface area (Å²) in [6, 6.07) is 3.70. The molecule has 1 heterocycles. The van der Waals surface area contributed by atoms with Gasteiger partial charge in [0, 0.05) is 12.6 Å². The lowest BCUT2D eigenvalue weighted by Gasteiger charge is -2.25. The van der Waals surface area contributed by atoms with Gasteiger partial charge >= 0.3 is 0 Å². The third kappa shape index (κ3) is 4.56. The van der Waals surface area contributed by atoms with E-state index in [4.69, 9.17) is 4.42 Å². The number of hydrogen-bond acceptors (Lipinski definition) is 3. The number of aliphatic hydroxyl groups is 1. The molecule has 1 aliphatic carbocycles. The summed E-state index contributed by atoms with van der Waals surface area (Å²) in [5, 5.41) is 12.3. The van der Waals surface area contributed by atoms with E-state index in [1.807, 2.05) is 19.1 Å². The molecule has 0 atom stereocenters. The molecule has 0 radical (unpaired) electrons. The van der Waals surface area contributed by atoms with E-state index in [2.05, 4.69) is 5.32 Å². The van der Waals surface area contributed by atoms with Gasteiger partial charge in [-0.05, 0) is 56.7 Å². The number of amides is 1. The molecule has 1 saturated carbocycles. The summed E-state index contributed by atoms with van der Waals surface area (Å²) in [4.78, 5) is 11.6. The summed E-state index contributed by atoms with van der Waals surface area (Å²) in [5.41, 5.74) is 0. The number of hydrogen-bond donors (Lipinski definition) is 2. The van der Waals surface area contributed by atoms with Crippen molar-refractivity contribution in [2.45, 2.75) is 38.7 Å². The van der Waals surface area contributed by atoms with Gasteiger partial charge in [0.2, 0.25) is 5.91 Å². The van der Waals surface area contributed by atoms with Crippen LogP contribution in [0.1, 0.15) is 37.2 Å². The zero-order valence-corrected chi connectivity index (χ0v) is 11.3. The van der Waals surface area contributed by atoms with Gasteiger partial charge in [0.1, 0.15) is 11.5 Å². The van der Waals surface area contributed by atoms with Gasteiger partial charge in [-0.3, -0.25) is 4.79 Å². The zero-order valence-electron chi connectivity index (χ0n) is 11.3. The second-order valence-corrected chi connectivity index (χ2v) is 5.20. The molecule has 0 saturated heterocycles. The van der Waals surface area contributed by atoms with Crippen LogP contribution >= 0.6 is 0 Å². The Kier molecular flexibility index (Phi) is 4.80. The van der Waals surface area contributed by atoms with Crippen molar-refractivity contribution >= 4 is 12.0 Å². The van der Waals surface area contributed by atoms with E-state index in [0.717, 1.165) is 31.4 Å². The second kappa shape index (κ2) is 6.57. The van der Waals surface area contributed by atoms with Crippen molar-refractivity contribution in [3.8, 4) is 0 Å². The van der Waals surface area contributed by atoms with Crippen LogP contribution in [0.5, 0.6) is 0 Å². The summed E-state index contributed by atoms with van der Waals surface area (Å²) >= 11 is 0. The lowest BCUT2D eigenvalue weighted by Crippen LogP contribution is -2.31. The Morgan fingerprint density at radius 3 is 2.79 bits per heavy atom. The third-order valence-electron chi connectivity index (χ3n) is 3.54. The van der Waals surface area contributed by atoms with Gasteiger partial charge in [-0.1, -0.05) is 0 Å². The molecule has 0 unspecified atom stereocenters. The zero-order chi connectivity index (χ0) is 13.7. The minimum absolute atomic E-state index is 0.0971. The summed E-state index contributed by atoms with van der Waals surface area (Å²) in [5.74, 6) is 1.92. The summed E-state index contributed by atoms with van der Waals surface area (Å²) in [6.07, 6.45) is 6.70. The molecule has 4 heteroatoms. The van der Waals surface area contributed by atoms with E-state index in [-0.39, 0.29) is 12.0 Å². The number of nitrogens with one attached hydrogen (secondary N) is 1. The van der Waals surface area contributed by atoms with Gasteiger partial charge in [-0.25, -0.2) is 0 Å². The molecule has 0 bridgehead atoms. The van der Waals surface area contributed by atoms with Crippen LogP contribution in [0.25, 0.3) is 6.08 Å². The fraction of sp³-hybridized carbons (Fsp3) is 0.533. The first-order chi connectivity index (χ1) is 9.13. The lowest BCUT2D eigenvalue weighted by molar-refractivity contribution is -0.116. The van der Waals surface area contributed by atoms with Crippen LogP contribution in [-0.4, -0.2) is 23.7 Å². The van der Waals surface area contributed by atoms with Gasteiger partial charge in [0.05, 0.1) is 6.10 Å². The third-order valence-corrected chi connectivity index (χ3v) is 3.54. The Hall–Kier alpha value is -1.55. The van der Waals surface area contributed by atoms with Gasteiger partial charge in [0.15, 0.2) is 0 Å². The maximum Gasteiger partial charge on any atom is 0.244 e. The molecule has 4 nitrogen and oxygen atoms in total. The minimum atomic E-state index is -0.144. The molecular weight excluding hydrogens is 242 g/mol. The Morgan fingerprint density at radius 1 is 1.42 bits per heavy atom. The number of carbonyl (C=O) groups excluding carboxylic acids is 1. The van der Waals surface area contributed by atoms with Gasteiger partial charge in [-0.2, -0.15) is 0 Å². The molecule has 1 fully saturated rings. The van der Waals surface area contributed by atoms with E-state index < -0.39 is 0 Å². The molecular formula is C15H21NO3. The SMILES string of the molecule is Cc1ccc(/C=C/C(=O)NCC2CCC(O)CC2)o1. The maximum atomic E-state index is 11.6. The minimum Gasteiger partial charge on any atom is -0.462 e. The molecule has 1 aromatic rings. The summed E-state index contributed by atoms with van der Waals surface area (Å²) in [6.45, 7) is 2.56. The predicted molar refractivity (Wildman–Crippen MR) is 73.5 cm³/mol. The van der Waals surface area contributed by atoms with Crippen LogP contribution in [0.4, 0.5) is 0 Å². The highest BCUT2D eigenvalue weighted by molar-refractivity contribution is 5.91. The molecule has 0 aliphatic heterocycles. The summed E-state index contributed by atoms with van der Waals surface area (Å²) in [7, 11) is 0. The van der Waals surface area contributed by atoms with Crippen LogP contribution in [0, 0.1) is 12.8 Å². The number of rotatable bonds is 4.